The van der Waals surface area contributed by atoms with E-state index in [2.05, 4.69) is 22.3 Å². The Morgan fingerprint density at radius 2 is 2.04 bits per heavy atom. The van der Waals surface area contributed by atoms with Crippen molar-refractivity contribution >= 4 is 5.91 Å². The van der Waals surface area contributed by atoms with E-state index in [0.29, 0.717) is 25.4 Å². The van der Waals surface area contributed by atoms with Crippen molar-refractivity contribution in [2.24, 2.45) is 0 Å². The minimum atomic E-state index is -0.0522. The van der Waals surface area contributed by atoms with Crippen molar-refractivity contribution in [3.05, 3.63) is 52.8 Å². The summed E-state index contributed by atoms with van der Waals surface area (Å²) in [5.41, 5.74) is 4.01. The molecule has 1 aromatic heterocycles. The average molecular weight is 311 g/mol. The lowest BCUT2D eigenvalue weighted by atomic mass is 9.95. The van der Waals surface area contributed by atoms with E-state index in [9.17, 15) is 4.79 Å². The highest BCUT2D eigenvalue weighted by molar-refractivity contribution is 5.94. The molecule has 1 aliphatic heterocycles. The molecule has 1 saturated heterocycles. The predicted molar refractivity (Wildman–Crippen MR) is 86.3 cm³/mol. The normalized spacial score (nSPS) is 21.0. The van der Waals surface area contributed by atoms with Gasteiger partial charge < -0.3 is 9.64 Å². The molecule has 1 aliphatic carbocycles. The molecule has 0 spiro atoms. The fraction of sp³-hybridized carbons (Fsp3) is 0.444. The van der Waals surface area contributed by atoms with E-state index >= 15 is 0 Å². The molecular formula is C18H21N3O2. The molecule has 0 saturated carbocycles. The maximum Gasteiger partial charge on any atom is 0.274 e. The summed E-state index contributed by atoms with van der Waals surface area (Å²) in [4.78, 5) is 14.8. The van der Waals surface area contributed by atoms with E-state index in [1.807, 2.05) is 23.1 Å². The second-order valence-electron chi connectivity index (χ2n) is 6.26. The standard InChI is InChI=1S/C18H21N3O2/c22-18(17-14-8-4-5-9-15(14)19-20-17)21-10-11-23-16(12-21)13-6-2-1-3-7-13/h1-3,6-7,16H,4-5,8-12H2,(H,19,20). The zero-order chi connectivity index (χ0) is 15.6. The number of aromatic nitrogens is 2. The molecule has 1 amide bonds. The number of benzene rings is 1. The number of morpholine rings is 1. The first-order valence-electron chi connectivity index (χ1n) is 8.35. The zero-order valence-corrected chi connectivity index (χ0v) is 13.1. The van der Waals surface area contributed by atoms with Crippen LogP contribution in [0.3, 0.4) is 0 Å². The Hall–Kier alpha value is -2.14. The Balaban J connectivity index is 1.53. The van der Waals surface area contributed by atoms with Crippen molar-refractivity contribution < 1.29 is 9.53 Å². The molecule has 2 aromatic rings. The number of H-pyrrole nitrogens is 1. The van der Waals surface area contributed by atoms with Gasteiger partial charge in [0, 0.05) is 17.8 Å². The first-order valence-corrected chi connectivity index (χ1v) is 8.35. The number of carbonyl (C=O) groups is 1. The first kappa shape index (κ1) is 14.5. The molecule has 0 radical (unpaired) electrons. The van der Waals surface area contributed by atoms with Crippen LogP contribution < -0.4 is 0 Å². The third kappa shape index (κ3) is 2.77. The summed E-state index contributed by atoms with van der Waals surface area (Å²) < 4.78 is 5.85. The number of hydrogen-bond donors (Lipinski definition) is 1. The molecule has 1 atom stereocenters. The summed E-state index contributed by atoms with van der Waals surface area (Å²) in [5.74, 6) is 0.0358. The number of amides is 1. The van der Waals surface area contributed by atoms with Crippen molar-refractivity contribution in [1.29, 1.82) is 0 Å². The van der Waals surface area contributed by atoms with Crippen molar-refractivity contribution in [1.82, 2.24) is 15.1 Å². The molecule has 1 fully saturated rings. The van der Waals surface area contributed by atoms with Crippen LogP contribution in [0.2, 0.25) is 0 Å². The Morgan fingerprint density at radius 3 is 2.91 bits per heavy atom. The van der Waals surface area contributed by atoms with Crippen molar-refractivity contribution in [3.8, 4) is 0 Å². The molecule has 2 heterocycles. The van der Waals surface area contributed by atoms with E-state index in [4.69, 9.17) is 4.74 Å². The highest BCUT2D eigenvalue weighted by Gasteiger charge is 2.30. The van der Waals surface area contributed by atoms with Crippen LogP contribution in [-0.2, 0) is 17.6 Å². The van der Waals surface area contributed by atoms with Crippen LogP contribution in [0.25, 0.3) is 0 Å². The lowest BCUT2D eigenvalue weighted by molar-refractivity contribution is -0.0230. The molecule has 1 aromatic carbocycles. The van der Waals surface area contributed by atoms with E-state index in [1.54, 1.807) is 0 Å². The van der Waals surface area contributed by atoms with Gasteiger partial charge >= 0.3 is 0 Å². The van der Waals surface area contributed by atoms with Gasteiger partial charge in [-0.2, -0.15) is 5.10 Å². The first-order chi connectivity index (χ1) is 11.3. The van der Waals surface area contributed by atoms with Gasteiger partial charge in [0.05, 0.1) is 13.2 Å². The van der Waals surface area contributed by atoms with E-state index < -0.39 is 0 Å². The number of fused-ring (bicyclic) bond motifs is 1. The van der Waals surface area contributed by atoms with Crippen LogP contribution in [0.1, 0.15) is 46.3 Å². The maximum atomic E-state index is 12.9. The van der Waals surface area contributed by atoms with Gasteiger partial charge in [0.1, 0.15) is 6.10 Å². The molecule has 23 heavy (non-hydrogen) atoms. The Kier molecular flexibility index (Phi) is 3.87. The van der Waals surface area contributed by atoms with E-state index in [0.717, 1.165) is 36.1 Å². The quantitative estimate of drug-likeness (QED) is 0.927. The summed E-state index contributed by atoms with van der Waals surface area (Å²) in [6, 6.07) is 10.1. The third-order valence-electron chi connectivity index (χ3n) is 4.78. The van der Waals surface area contributed by atoms with Gasteiger partial charge in [-0.15, -0.1) is 0 Å². The van der Waals surface area contributed by atoms with E-state index in [-0.39, 0.29) is 12.0 Å². The van der Waals surface area contributed by atoms with Crippen LogP contribution in [0.5, 0.6) is 0 Å². The maximum absolute atomic E-state index is 12.9. The Labute approximate surface area is 135 Å². The van der Waals surface area contributed by atoms with Gasteiger partial charge in [-0.25, -0.2) is 0 Å². The topological polar surface area (TPSA) is 58.2 Å². The number of ether oxygens (including phenoxy) is 1. The second-order valence-corrected chi connectivity index (χ2v) is 6.26. The Bertz CT molecular complexity index is 696. The SMILES string of the molecule is O=C(c1n[nH]c2c1CCCC2)N1CCOC(c2ccccc2)C1. The fourth-order valence-electron chi connectivity index (χ4n) is 3.51. The van der Waals surface area contributed by atoms with Crippen molar-refractivity contribution in [2.75, 3.05) is 19.7 Å². The number of carbonyl (C=O) groups excluding carboxylic acids is 1. The number of aryl methyl sites for hydroxylation is 1. The van der Waals surface area contributed by atoms with Gasteiger partial charge in [0.25, 0.3) is 5.91 Å². The minimum absolute atomic E-state index is 0.0358. The zero-order valence-electron chi connectivity index (χ0n) is 13.1. The lowest BCUT2D eigenvalue weighted by Crippen LogP contribution is -2.42. The smallest absolute Gasteiger partial charge is 0.274 e. The highest BCUT2D eigenvalue weighted by Crippen LogP contribution is 2.26. The summed E-state index contributed by atoms with van der Waals surface area (Å²) in [6.07, 6.45) is 4.23. The van der Waals surface area contributed by atoms with Gasteiger partial charge in [-0.3, -0.25) is 9.89 Å². The molecule has 2 aliphatic rings. The fourth-order valence-corrected chi connectivity index (χ4v) is 3.51. The summed E-state index contributed by atoms with van der Waals surface area (Å²) in [7, 11) is 0. The molecule has 5 nitrogen and oxygen atoms in total. The van der Waals surface area contributed by atoms with Crippen LogP contribution in [0, 0.1) is 0 Å². The summed E-state index contributed by atoms with van der Waals surface area (Å²) >= 11 is 0. The number of nitrogens with one attached hydrogen (secondary N) is 1. The summed E-state index contributed by atoms with van der Waals surface area (Å²) in [6.45, 7) is 1.78. The van der Waals surface area contributed by atoms with Crippen LogP contribution in [-0.4, -0.2) is 40.7 Å². The number of aromatic amines is 1. The second kappa shape index (κ2) is 6.16. The number of hydrogen-bond acceptors (Lipinski definition) is 3. The monoisotopic (exact) mass is 311 g/mol. The molecular weight excluding hydrogens is 290 g/mol. The number of rotatable bonds is 2. The predicted octanol–water partition coefficient (Wildman–Crippen LogP) is 2.50. The lowest BCUT2D eigenvalue weighted by Gasteiger charge is -2.33. The molecule has 1 N–H and O–H groups in total. The van der Waals surface area contributed by atoms with Gasteiger partial charge in [0.2, 0.25) is 0 Å². The average Bonchev–Trinajstić information content (AvgIpc) is 3.06. The molecule has 1 unspecified atom stereocenters. The van der Waals surface area contributed by atoms with Crippen LogP contribution in [0.4, 0.5) is 0 Å². The minimum Gasteiger partial charge on any atom is -0.370 e. The number of nitrogens with zero attached hydrogens (tertiary/aromatic N) is 2. The van der Waals surface area contributed by atoms with Gasteiger partial charge in [-0.05, 0) is 31.2 Å². The van der Waals surface area contributed by atoms with Crippen LogP contribution in [0.15, 0.2) is 30.3 Å². The Morgan fingerprint density at radius 1 is 1.22 bits per heavy atom. The molecule has 120 valence electrons. The third-order valence-corrected chi connectivity index (χ3v) is 4.78. The van der Waals surface area contributed by atoms with Gasteiger partial charge in [0.15, 0.2) is 5.69 Å². The summed E-state index contributed by atoms with van der Waals surface area (Å²) in [5, 5.41) is 7.37. The van der Waals surface area contributed by atoms with Crippen molar-refractivity contribution in [2.45, 2.75) is 31.8 Å². The van der Waals surface area contributed by atoms with E-state index in [1.165, 1.54) is 6.42 Å². The van der Waals surface area contributed by atoms with Crippen LogP contribution >= 0.6 is 0 Å². The largest absolute Gasteiger partial charge is 0.370 e. The molecule has 5 heteroatoms. The molecule has 0 bridgehead atoms. The van der Waals surface area contributed by atoms with Gasteiger partial charge in [-0.1, -0.05) is 30.3 Å². The highest BCUT2D eigenvalue weighted by atomic mass is 16.5. The molecule has 4 rings (SSSR count). The van der Waals surface area contributed by atoms with Crippen molar-refractivity contribution in [3.63, 3.8) is 0 Å².